The van der Waals surface area contributed by atoms with Crippen LogP contribution >= 0.6 is 0 Å². The lowest BCUT2D eigenvalue weighted by molar-refractivity contribution is -0.121. The van der Waals surface area contributed by atoms with Crippen LogP contribution in [0.25, 0.3) is 0 Å². The summed E-state index contributed by atoms with van der Waals surface area (Å²) in [5, 5.41) is 9.03. The smallest absolute Gasteiger partial charge is 0.338 e. The summed E-state index contributed by atoms with van der Waals surface area (Å²) < 4.78 is 38.7. The highest BCUT2D eigenvalue weighted by atomic mass is 32.2. The molecule has 3 rings (SSSR count). The minimum Gasteiger partial charge on any atom is -0.495 e. The van der Waals surface area contributed by atoms with Crippen LogP contribution in [0.5, 0.6) is 5.75 Å². The maximum Gasteiger partial charge on any atom is 0.338 e. The highest BCUT2D eigenvalue weighted by molar-refractivity contribution is 7.89. The van der Waals surface area contributed by atoms with Gasteiger partial charge < -0.3 is 14.4 Å². The molecule has 0 radical (unpaired) electrons. The minimum absolute atomic E-state index is 0.00280. The van der Waals surface area contributed by atoms with Crippen molar-refractivity contribution in [1.82, 2.24) is 4.31 Å². The molecular weight excluding hydrogens is 494 g/mol. The second-order valence-electron chi connectivity index (χ2n) is 9.06. The third-order valence-electron chi connectivity index (χ3n) is 6.18. The van der Waals surface area contributed by atoms with Crippen LogP contribution in [0.15, 0.2) is 41.3 Å². The first-order valence-electron chi connectivity index (χ1n) is 12.3. The Morgan fingerprint density at radius 1 is 1.03 bits per heavy atom. The van der Waals surface area contributed by atoms with Crippen LogP contribution < -0.4 is 9.64 Å². The Morgan fingerprint density at radius 2 is 1.68 bits per heavy atom. The van der Waals surface area contributed by atoms with Gasteiger partial charge in [-0.05, 0) is 68.1 Å². The molecule has 1 fully saturated rings. The predicted octanol–water partition coefficient (Wildman–Crippen LogP) is 3.98. The van der Waals surface area contributed by atoms with E-state index in [9.17, 15) is 18.0 Å². The van der Waals surface area contributed by atoms with Crippen molar-refractivity contribution in [2.45, 2.75) is 50.8 Å². The maximum atomic E-state index is 13.4. The van der Waals surface area contributed by atoms with Crippen molar-refractivity contribution >= 4 is 27.6 Å². The van der Waals surface area contributed by atoms with Crippen LogP contribution in [0, 0.1) is 25.2 Å². The number of carbonyl (C=O) groups excluding carboxylic acids is 2. The number of anilines is 1. The molecule has 37 heavy (non-hydrogen) atoms. The van der Waals surface area contributed by atoms with Gasteiger partial charge in [0.1, 0.15) is 10.6 Å². The first kappa shape index (κ1) is 28.2. The quantitative estimate of drug-likeness (QED) is 0.453. The zero-order valence-corrected chi connectivity index (χ0v) is 22.3. The normalized spacial score (nSPS) is 14.3. The van der Waals surface area contributed by atoms with Crippen molar-refractivity contribution in [3.8, 4) is 11.8 Å². The summed E-state index contributed by atoms with van der Waals surface area (Å²) in [6.45, 7) is 4.22. The second-order valence-corrected chi connectivity index (χ2v) is 11.0. The molecule has 0 unspecified atom stereocenters. The molecule has 0 spiro atoms. The third-order valence-corrected chi connectivity index (χ3v) is 8.10. The van der Waals surface area contributed by atoms with E-state index in [-0.39, 0.29) is 29.2 Å². The van der Waals surface area contributed by atoms with Gasteiger partial charge >= 0.3 is 5.97 Å². The highest BCUT2D eigenvalue weighted by Crippen LogP contribution is 2.30. The molecule has 1 saturated heterocycles. The largest absolute Gasteiger partial charge is 0.495 e. The van der Waals surface area contributed by atoms with Gasteiger partial charge in [0.15, 0.2) is 6.61 Å². The number of hydrogen-bond acceptors (Lipinski definition) is 7. The SMILES string of the molecule is COc1ccc(C(=O)OCC(=O)N(CCC#N)c2cc(C)cc(C)c2)cc1S(=O)(=O)N1CCCCCC1. The molecule has 0 N–H and O–H groups in total. The van der Waals surface area contributed by atoms with E-state index in [4.69, 9.17) is 14.7 Å². The second kappa shape index (κ2) is 12.7. The number of amides is 1. The standard InChI is InChI=1S/C27H33N3O6S/c1-20-15-21(2)17-23(16-20)30(14-8-11-28)26(31)19-36-27(32)22-9-10-24(35-3)25(18-22)37(33,34)29-12-6-4-5-7-13-29/h9-10,15-18H,4-8,12-14,19H2,1-3H3. The predicted molar refractivity (Wildman–Crippen MR) is 139 cm³/mol. The van der Waals surface area contributed by atoms with E-state index in [1.165, 1.54) is 34.5 Å². The van der Waals surface area contributed by atoms with E-state index in [0.717, 1.165) is 36.8 Å². The van der Waals surface area contributed by atoms with Crippen molar-refractivity contribution in [1.29, 1.82) is 5.26 Å². The maximum absolute atomic E-state index is 13.4. The van der Waals surface area contributed by atoms with E-state index in [0.29, 0.717) is 18.8 Å². The summed E-state index contributed by atoms with van der Waals surface area (Å²) in [4.78, 5) is 27.1. The van der Waals surface area contributed by atoms with E-state index in [1.807, 2.05) is 38.1 Å². The van der Waals surface area contributed by atoms with Crippen molar-refractivity contribution in [3.63, 3.8) is 0 Å². The van der Waals surface area contributed by atoms with Crippen molar-refractivity contribution in [2.24, 2.45) is 0 Å². The topological polar surface area (TPSA) is 117 Å². The Morgan fingerprint density at radius 3 is 2.27 bits per heavy atom. The fraction of sp³-hybridized carbons (Fsp3) is 0.444. The number of hydrogen-bond donors (Lipinski definition) is 0. The van der Waals surface area contributed by atoms with Gasteiger partial charge in [0.25, 0.3) is 5.91 Å². The molecule has 1 aliphatic heterocycles. The van der Waals surface area contributed by atoms with Crippen LogP contribution in [-0.2, 0) is 19.6 Å². The van der Waals surface area contributed by atoms with Gasteiger partial charge in [-0.2, -0.15) is 9.57 Å². The molecule has 1 amide bonds. The van der Waals surface area contributed by atoms with Crippen molar-refractivity contribution < 1.29 is 27.5 Å². The van der Waals surface area contributed by atoms with Gasteiger partial charge in [0, 0.05) is 25.3 Å². The number of methoxy groups -OCH3 is 1. The number of nitriles is 1. The number of esters is 1. The summed E-state index contributed by atoms with van der Waals surface area (Å²) in [6, 6.07) is 11.7. The number of sulfonamides is 1. The lowest BCUT2D eigenvalue weighted by atomic mass is 10.1. The lowest BCUT2D eigenvalue weighted by Crippen LogP contribution is -2.35. The first-order chi connectivity index (χ1) is 17.7. The first-order valence-corrected chi connectivity index (χ1v) is 13.7. The molecule has 1 heterocycles. The molecule has 0 saturated carbocycles. The Kier molecular flexibility index (Phi) is 9.66. The summed E-state index contributed by atoms with van der Waals surface area (Å²) in [5.74, 6) is -1.18. The van der Waals surface area contributed by atoms with Gasteiger partial charge in [-0.15, -0.1) is 0 Å². The molecule has 0 aliphatic carbocycles. The van der Waals surface area contributed by atoms with Gasteiger partial charge in [-0.3, -0.25) is 4.79 Å². The Labute approximate surface area is 218 Å². The molecular formula is C27H33N3O6S. The molecule has 198 valence electrons. The van der Waals surface area contributed by atoms with E-state index in [1.54, 1.807) is 0 Å². The molecule has 2 aromatic carbocycles. The Balaban J connectivity index is 1.79. The molecule has 1 aliphatic rings. The number of carbonyl (C=O) groups is 2. The van der Waals surface area contributed by atoms with Crippen molar-refractivity contribution in [2.75, 3.05) is 38.3 Å². The van der Waals surface area contributed by atoms with Gasteiger partial charge in [-0.1, -0.05) is 18.9 Å². The fourth-order valence-electron chi connectivity index (χ4n) is 4.38. The fourth-order valence-corrected chi connectivity index (χ4v) is 6.08. The minimum atomic E-state index is -3.89. The van der Waals surface area contributed by atoms with Gasteiger partial charge in [-0.25, -0.2) is 13.2 Å². The van der Waals surface area contributed by atoms with E-state index < -0.39 is 28.5 Å². The zero-order valence-electron chi connectivity index (χ0n) is 21.5. The average Bonchev–Trinajstić information content (AvgIpc) is 3.17. The lowest BCUT2D eigenvalue weighted by Gasteiger charge is -2.23. The third kappa shape index (κ3) is 7.08. The number of ether oxygens (including phenoxy) is 2. The van der Waals surface area contributed by atoms with Gasteiger partial charge in [0.05, 0.1) is 25.2 Å². The average molecular weight is 528 g/mol. The van der Waals surface area contributed by atoms with Crippen molar-refractivity contribution in [3.05, 3.63) is 53.1 Å². The monoisotopic (exact) mass is 527 g/mol. The summed E-state index contributed by atoms with van der Waals surface area (Å²) >= 11 is 0. The molecule has 0 atom stereocenters. The number of rotatable bonds is 9. The number of benzene rings is 2. The van der Waals surface area contributed by atoms with Crippen LogP contribution in [0.1, 0.15) is 53.6 Å². The molecule has 0 aromatic heterocycles. The molecule has 9 nitrogen and oxygen atoms in total. The van der Waals surface area contributed by atoms with Crippen LogP contribution in [0.4, 0.5) is 5.69 Å². The van der Waals surface area contributed by atoms with Crippen LogP contribution in [0.2, 0.25) is 0 Å². The van der Waals surface area contributed by atoms with Gasteiger partial charge in [0.2, 0.25) is 10.0 Å². The van der Waals surface area contributed by atoms with E-state index >= 15 is 0 Å². The molecule has 0 bridgehead atoms. The van der Waals surface area contributed by atoms with E-state index in [2.05, 4.69) is 0 Å². The highest BCUT2D eigenvalue weighted by Gasteiger charge is 2.29. The molecule has 2 aromatic rings. The molecule has 10 heteroatoms. The zero-order chi connectivity index (χ0) is 27.0. The number of nitrogens with zero attached hydrogens (tertiary/aromatic N) is 3. The Bertz CT molecular complexity index is 1260. The summed E-state index contributed by atoms with van der Waals surface area (Å²) in [7, 11) is -2.52. The Hall–Kier alpha value is -3.42. The number of aryl methyl sites for hydroxylation is 2. The summed E-state index contributed by atoms with van der Waals surface area (Å²) in [5.41, 5.74) is 2.53. The summed E-state index contributed by atoms with van der Waals surface area (Å²) in [6.07, 6.45) is 3.60. The van der Waals surface area contributed by atoms with Crippen LogP contribution in [0.3, 0.4) is 0 Å². The van der Waals surface area contributed by atoms with Crippen LogP contribution in [-0.4, -0.2) is 58.0 Å².